The van der Waals surface area contributed by atoms with Crippen LogP contribution in [0, 0.1) is 0 Å². The summed E-state index contributed by atoms with van der Waals surface area (Å²) in [7, 11) is 0. The highest BCUT2D eigenvalue weighted by molar-refractivity contribution is 8.14. The minimum atomic E-state index is -0.575. The summed E-state index contributed by atoms with van der Waals surface area (Å²) in [6.45, 7) is 3.28. The lowest BCUT2D eigenvalue weighted by Gasteiger charge is -2.12. The van der Waals surface area contributed by atoms with Gasteiger partial charge in [-0.05, 0) is 37.6 Å². The van der Waals surface area contributed by atoms with Crippen LogP contribution in [-0.2, 0) is 4.79 Å². The second-order valence-electron chi connectivity index (χ2n) is 3.96. The van der Waals surface area contributed by atoms with E-state index in [4.69, 9.17) is 5.73 Å². The predicted molar refractivity (Wildman–Crippen MR) is 76.3 cm³/mol. The summed E-state index contributed by atoms with van der Waals surface area (Å²) in [4.78, 5) is 33.8. The second-order valence-corrected chi connectivity index (χ2v) is 5.16. The van der Waals surface area contributed by atoms with Gasteiger partial charge in [-0.1, -0.05) is 18.7 Å². The van der Waals surface area contributed by atoms with Gasteiger partial charge in [-0.2, -0.15) is 0 Å². The molecule has 6 heteroatoms. The minimum Gasteiger partial charge on any atom is -0.360 e. The molecular formula is C13H16N2O3S. The van der Waals surface area contributed by atoms with Crippen molar-refractivity contribution >= 4 is 34.4 Å². The number of hydrogen-bond acceptors (Lipinski definition) is 4. The van der Waals surface area contributed by atoms with E-state index in [-0.39, 0.29) is 11.7 Å². The van der Waals surface area contributed by atoms with E-state index in [1.54, 1.807) is 31.2 Å². The molecule has 2 amide bonds. The number of anilines is 1. The number of Topliss-reactive ketones (excluding diaryl/α,β-unsaturated/α-hetero) is 1. The van der Waals surface area contributed by atoms with Crippen molar-refractivity contribution in [3.63, 3.8) is 0 Å². The molecule has 0 aliphatic carbocycles. The Hall–Kier alpha value is -1.82. The maximum Gasteiger partial charge on any atom is 0.277 e. The van der Waals surface area contributed by atoms with Gasteiger partial charge >= 0.3 is 0 Å². The SMILES string of the molecule is CC[C@H](SC(N)=O)C(=O)Nc1ccc(C(C)=O)cc1. The number of nitrogens with two attached hydrogens (primary N) is 1. The first kappa shape index (κ1) is 15.2. The van der Waals surface area contributed by atoms with E-state index in [1.807, 2.05) is 0 Å². The highest BCUT2D eigenvalue weighted by Crippen LogP contribution is 2.17. The molecule has 0 fully saturated rings. The van der Waals surface area contributed by atoms with Crippen LogP contribution >= 0.6 is 11.8 Å². The topological polar surface area (TPSA) is 89.3 Å². The van der Waals surface area contributed by atoms with Crippen LogP contribution in [0.5, 0.6) is 0 Å². The zero-order chi connectivity index (χ0) is 14.4. The Morgan fingerprint density at radius 3 is 2.26 bits per heavy atom. The number of carbonyl (C=O) groups is 3. The number of benzene rings is 1. The summed E-state index contributed by atoms with van der Waals surface area (Å²) in [5.41, 5.74) is 6.22. The molecule has 1 aromatic rings. The van der Waals surface area contributed by atoms with Gasteiger partial charge in [0.2, 0.25) is 5.91 Å². The van der Waals surface area contributed by atoms with Crippen molar-refractivity contribution in [3.05, 3.63) is 29.8 Å². The number of primary amides is 1. The Morgan fingerprint density at radius 1 is 1.26 bits per heavy atom. The highest BCUT2D eigenvalue weighted by Gasteiger charge is 2.19. The van der Waals surface area contributed by atoms with Crippen molar-refractivity contribution in [1.29, 1.82) is 0 Å². The molecule has 0 aromatic heterocycles. The van der Waals surface area contributed by atoms with Crippen LogP contribution in [0.1, 0.15) is 30.6 Å². The maximum atomic E-state index is 11.9. The first-order valence-electron chi connectivity index (χ1n) is 5.82. The second kappa shape index (κ2) is 6.94. The van der Waals surface area contributed by atoms with Gasteiger partial charge in [-0.25, -0.2) is 0 Å². The summed E-state index contributed by atoms with van der Waals surface area (Å²) in [6, 6.07) is 6.58. The summed E-state index contributed by atoms with van der Waals surface area (Å²) in [5.74, 6) is -0.310. The molecule has 0 bridgehead atoms. The largest absolute Gasteiger partial charge is 0.360 e. The van der Waals surface area contributed by atoms with Crippen molar-refractivity contribution in [3.8, 4) is 0 Å². The lowest BCUT2D eigenvalue weighted by molar-refractivity contribution is -0.115. The van der Waals surface area contributed by atoms with Gasteiger partial charge in [-0.3, -0.25) is 14.4 Å². The summed E-state index contributed by atoms with van der Waals surface area (Å²) in [6.07, 6.45) is 0.505. The van der Waals surface area contributed by atoms with Crippen molar-refractivity contribution in [2.45, 2.75) is 25.5 Å². The van der Waals surface area contributed by atoms with E-state index in [0.29, 0.717) is 17.7 Å². The Morgan fingerprint density at radius 2 is 1.84 bits per heavy atom. The molecule has 0 saturated carbocycles. The molecule has 102 valence electrons. The third-order valence-electron chi connectivity index (χ3n) is 2.48. The molecule has 1 rings (SSSR count). The number of rotatable bonds is 5. The quantitative estimate of drug-likeness (QED) is 0.810. The average Bonchev–Trinajstić information content (AvgIpc) is 2.36. The Balaban J connectivity index is 2.70. The van der Waals surface area contributed by atoms with Gasteiger partial charge in [-0.15, -0.1) is 0 Å². The van der Waals surface area contributed by atoms with Gasteiger partial charge in [0.1, 0.15) is 0 Å². The Bertz CT molecular complexity index is 485. The molecule has 3 N–H and O–H groups in total. The summed E-state index contributed by atoms with van der Waals surface area (Å²) < 4.78 is 0. The lowest BCUT2D eigenvalue weighted by atomic mass is 10.1. The zero-order valence-corrected chi connectivity index (χ0v) is 11.6. The molecule has 0 heterocycles. The minimum absolute atomic E-state index is 0.0337. The standard InChI is InChI=1S/C13H16N2O3S/c1-3-11(19-13(14)18)12(17)15-10-6-4-9(5-7-10)8(2)16/h4-7,11H,3H2,1-2H3,(H2,14,18)(H,15,17)/t11-/m0/s1. The molecule has 0 unspecified atom stereocenters. The number of ketones is 1. The normalized spacial score (nSPS) is 11.7. The number of nitrogens with one attached hydrogen (secondary N) is 1. The molecule has 1 aromatic carbocycles. The molecule has 0 spiro atoms. The molecule has 0 aliphatic heterocycles. The van der Waals surface area contributed by atoms with Crippen LogP contribution in [0.15, 0.2) is 24.3 Å². The monoisotopic (exact) mass is 280 g/mol. The average molecular weight is 280 g/mol. The van der Waals surface area contributed by atoms with Gasteiger partial charge in [0.15, 0.2) is 5.78 Å². The van der Waals surface area contributed by atoms with Crippen molar-refractivity contribution < 1.29 is 14.4 Å². The molecular weight excluding hydrogens is 264 g/mol. The fourth-order valence-corrected chi connectivity index (χ4v) is 2.09. The highest BCUT2D eigenvalue weighted by atomic mass is 32.2. The van der Waals surface area contributed by atoms with E-state index in [0.717, 1.165) is 11.8 Å². The smallest absolute Gasteiger partial charge is 0.277 e. The number of amides is 2. The van der Waals surface area contributed by atoms with E-state index in [1.165, 1.54) is 6.92 Å². The first-order chi connectivity index (χ1) is 8.93. The van der Waals surface area contributed by atoms with E-state index < -0.39 is 10.5 Å². The zero-order valence-electron chi connectivity index (χ0n) is 10.8. The first-order valence-corrected chi connectivity index (χ1v) is 6.70. The van der Waals surface area contributed by atoms with E-state index in [2.05, 4.69) is 5.32 Å². The van der Waals surface area contributed by atoms with Crippen LogP contribution in [0.2, 0.25) is 0 Å². The van der Waals surface area contributed by atoms with E-state index >= 15 is 0 Å². The summed E-state index contributed by atoms with van der Waals surface area (Å²) in [5, 5.41) is 1.60. The summed E-state index contributed by atoms with van der Waals surface area (Å²) >= 11 is 0.808. The van der Waals surface area contributed by atoms with Crippen LogP contribution in [0.4, 0.5) is 10.5 Å². The lowest BCUT2D eigenvalue weighted by Crippen LogP contribution is -2.27. The fraction of sp³-hybridized carbons (Fsp3) is 0.308. The molecule has 0 radical (unpaired) electrons. The predicted octanol–water partition coefficient (Wildman–Crippen LogP) is 2.42. The number of thioether (sulfide) groups is 1. The third-order valence-corrected chi connectivity index (χ3v) is 3.54. The van der Waals surface area contributed by atoms with Gasteiger partial charge in [0.05, 0.1) is 5.25 Å². The van der Waals surface area contributed by atoms with Crippen molar-refractivity contribution in [2.24, 2.45) is 5.73 Å². The van der Waals surface area contributed by atoms with E-state index in [9.17, 15) is 14.4 Å². The number of hydrogen-bond donors (Lipinski definition) is 2. The van der Waals surface area contributed by atoms with Crippen LogP contribution in [0.3, 0.4) is 0 Å². The maximum absolute atomic E-state index is 11.9. The third kappa shape index (κ3) is 4.75. The molecule has 19 heavy (non-hydrogen) atoms. The molecule has 0 saturated heterocycles. The van der Waals surface area contributed by atoms with Gasteiger partial charge < -0.3 is 11.1 Å². The van der Waals surface area contributed by atoms with Gasteiger partial charge in [0, 0.05) is 11.3 Å². The Kier molecular flexibility index (Phi) is 5.57. The molecule has 1 atom stereocenters. The molecule has 5 nitrogen and oxygen atoms in total. The van der Waals surface area contributed by atoms with Crippen LogP contribution in [-0.4, -0.2) is 22.2 Å². The van der Waals surface area contributed by atoms with Gasteiger partial charge in [0.25, 0.3) is 5.24 Å². The van der Waals surface area contributed by atoms with Crippen molar-refractivity contribution in [2.75, 3.05) is 5.32 Å². The van der Waals surface area contributed by atoms with Crippen molar-refractivity contribution in [1.82, 2.24) is 0 Å². The fourth-order valence-electron chi connectivity index (χ4n) is 1.47. The Labute approximate surface area is 115 Å². The number of carbonyl (C=O) groups excluding carboxylic acids is 3. The molecule has 0 aliphatic rings. The van der Waals surface area contributed by atoms with Crippen LogP contribution < -0.4 is 11.1 Å². The van der Waals surface area contributed by atoms with Crippen LogP contribution in [0.25, 0.3) is 0 Å².